The van der Waals surface area contributed by atoms with E-state index in [1.807, 2.05) is 17.9 Å². The number of ether oxygens (including phenoxy) is 1. The van der Waals surface area contributed by atoms with Crippen LogP contribution in [0.4, 0.5) is 19.0 Å². The number of methoxy groups -OCH3 is 1. The van der Waals surface area contributed by atoms with Crippen molar-refractivity contribution in [3.63, 3.8) is 0 Å². The van der Waals surface area contributed by atoms with Gasteiger partial charge in [0, 0.05) is 44.8 Å². The number of hydrogen-bond acceptors (Lipinski definition) is 5. The zero-order valence-corrected chi connectivity index (χ0v) is 13.4. The third-order valence-corrected chi connectivity index (χ3v) is 4.22. The molecular weight excluding hydrogens is 323 g/mol. The fourth-order valence-electron chi connectivity index (χ4n) is 3.03. The van der Waals surface area contributed by atoms with E-state index in [9.17, 15) is 13.2 Å². The Morgan fingerprint density at radius 2 is 2.12 bits per heavy atom. The van der Waals surface area contributed by atoms with Gasteiger partial charge in [-0.3, -0.25) is 0 Å². The third kappa shape index (κ3) is 3.53. The fourth-order valence-corrected chi connectivity index (χ4v) is 3.03. The first-order chi connectivity index (χ1) is 11.4. The zero-order chi connectivity index (χ0) is 17.3. The summed E-state index contributed by atoms with van der Waals surface area (Å²) in [6.45, 7) is 2.88. The number of halogens is 3. The van der Waals surface area contributed by atoms with Crippen molar-refractivity contribution < 1.29 is 22.4 Å². The lowest BCUT2D eigenvalue weighted by Gasteiger charge is -2.18. The summed E-state index contributed by atoms with van der Waals surface area (Å²) in [7, 11) is 1.60. The molecule has 2 aromatic rings. The summed E-state index contributed by atoms with van der Waals surface area (Å²) in [6, 6.07) is 3.91. The lowest BCUT2D eigenvalue weighted by molar-refractivity contribution is -0.137. The number of pyridine rings is 1. The molecule has 0 saturated carbocycles. The third-order valence-electron chi connectivity index (χ3n) is 4.22. The summed E-state index contributed by atoms with van der Waals surface area (Å²) in [6.07, 6.45) is -2.68. The molecule has 3 rings (SSSR count). The molecule has 0 radical (unpaired) electrons. The van der Waals surface area contributed by atoms with Crippen LogP contribution in [0.3, 0.4) is 0 Å². The number of hydrogen-bond donors (Lipinski definition) is 0. The lowest BCUT2D eigenvalue weighted by atomic mass is 10.0. The first kappa shape index (κ1) is 16.8. The molecule has 24 heavy (non-hydrogen) atoms. The van der Waals surface area contributed by atoms with Crippen molar-refractivity contribution in [3.05, 3.63) is 41.4 Å². The van der Waals surface area contributed by atoms with Crippen LogP contribution in [-0.2, 0) is 17.3 Å². The molecule has 0 N–H and O–H groups in total. The Morgan fingerprint density at radius 1 is 1.33 bits per heavy atom. The number of anilines is 1. The minimum atomic E-state index is -4.38. The monoisotopic (exact) mass is 341 g/mol. The van der Waals surface area contributed by atoms with Crippen molar-refractivity contribution in [1.29, 1.82) is 0 Å². The molecule has 1 aliphatic rings. The van der Waals surface area contributed by atoms with E-state index in [0.29, 0.717) is 25.3 Å². The van der Waals surface area contributed by atoms with Crippen molar-refractivity contribution in [2.45, 2.75) is 25.6 Å². The molecule has 0 aromatic carbocycles. The molecule has 2 aromatic heterocycles. The molecule has 1 fully saturated rings. The van der Waals surface area contributed by atoms with Crippen LogP contribution in [-0.4, -0.2) is 36.4 Å². The van der Waals surface area contributed by atoms with Gasteiger partial charge in [-0.1, -0.05) is 5.16 Å². The average molecular weight is 341 g/mol. The number of nitrogens with zero attached hydrogens (tertiary/aromatic N) is 3. The summed E-state index contributed by atoms with van der Waals surface area (Å²) in [5.41, 5.74) is 0.101. The SMILES string of the molecule is CO[C@H]1CN(c2cc(C(F)(F)F)ccn2)C[C@H]1Cc1cc(C)no1. The maximum absolute atomic E-state index is 12.9. The van der Waals surface area contributed by atoms with Gasteiger partial charge in [-0.05, 0) is 19.1 Å². The van der Waals surface area contributed by atoms with Gasteiger partial charge in [0.05, 0.1) is 17.4 Å². The van der Waals surface area contributed by atoms with E-state index in [4.69, 9.17) is 9.26 Å². The van der Waals surface area contributed by atoms with Gasteiger partial charge in [0.25, 0.3) is 0 Å². The molecule has 2 atom stereocenters. The number of rotatable bonds is 4. The number of aromatic nitrogens is 2. The Kier molecular flexibility index (Phi) is 4.49. The highest BCUT2D eigenvalue weighted by molar-refractivity contribution is 5.43. The molecule has 5 nitrogen and oxygen atoms in total. The minimum absolute atomic E-state index is 0.0960. The van der Waals surface area contributed by atoms with Crippen LogP contribution in [0.15, 0.2) is 28.9 Å². The molecule has 0 spiro atoms. The number of aryl methyl sites for hydroxylation is 1. The molecule has 8 heteroatoms. The molecule has 1 aliphatic heterocycles. The lowest BCUT2D eigenvalue weighted by Crippen LogP contribution is -2.24. The van der Waals surface area contributed by atoms with Gasteiger partial charge < -0.3 is 14.2 Å². The normalized spacial score (nSPS) is 21.5. The maximum atomic E-state index is 12.9. The van der Waals surface area contributed by atoms with E-state index >= 15 is 0 Å². The molecule has 1 saturated heterocycles. The van der Waals surface area contributed by atoms with Gasteiger partial charge in [-0.25, -0.2) is 4.98 Å². The van der Waals surface area contributed by atoms with Crippen LogP contribution in [0.25, 0.3) is 0 Å². The Balaban J connectivity index is 1.76. The van der Waals surface area contributed by atoms with Crippen molar-refractivity contribution in [3.8, 4) is 0 Å². The van der Waals surface area contributed by atoms with Gasteiger partial charge in [-0.2, -0.15) is 13.2 Å². The van der Waals surface area contributed by atoms with Crippen LogP contribution in [0.5, 0.6) is 0 Å². The van der Waals surface area contributed by atoms with E-state index < -0.39 is 11.7 Å². The maximum Gasteiger partial charge on any atom is 0.416 e. The Labute approximate surface area is 137 Å². The Hall–Kier alpha value is -2.09. The Morgan fingerprint density at radius 3 is 2.75 bits per heavy atom. The van der Waals surface area contributed by atoms with Gasteiger partial charge >= 0.3 is 6.18 Å². The number of alkyl halides is 3. The van der Waals surface area contributed by atoms with Crippen LogP contribution in [0, 0.1) is 12.8 Å². The highest BCUT2D eigenvalue weighted by Crippen LogP contribution is 2.33. The molecule has 0 aliphatic carbocycles. The summed E-state index contributed by atoms with van der Waals surface area (Å²) in [5, 5.41) is 3.86. The summed E-state index contributed by atoms with van der Waals surface area (Å²) < 4.78 is 49.4. The summed E-state index contributed by atoms with van der Waals surface area (Å²) in [5.74, 6) is 1.15. The molecular formula is C16H18F3N3O2. The molecule has 0 bridgehead atoms. The first-order valence-corrected chi connectivity index (χ1v) is 7.60. The fraction of sp³-hybridized carbons (Fsp3) is 0.500. The summed E-state index contributed by atoms with van der Waals surface area (Å²) >= 11 is 0. The molecule has 3 heterocycles. The second kappa shape index (κ2) is 6.43. The Bertz CT molecular complexity index is 702. The molecule has 0 amide bonds. The van der Waals surface area contributed by atoms with Crippen molar-refractivity contribution in [2.75, 3.05) is 25.1 Å². The van der Waals surface area contributed by atoms with Crippen LogP contribution in [0.2, 0.25) is 0 Å². The van der Waals surface area contributed by atoms with Gasteiger partial charge in [0.2, 0.25) is 0 Å². The topological polar surface area (TPSA) is 51.4 Å². The van der Waals surface area contributed by atoms with Crippen LogP contribution < -0.4 is 4.90 Å². The predicted molar refractivity (Wildman–Crippen MR) is 80.7 cm³/mol. The van der Waals surface area contributed by atoms with Gasteiger partial charge in [0.15, 0.2) is 0 Å². The second-order valence-electron chi connectivity index (χ2n) is 5.98. The second-order valence-corrected chi connectivity index (χ2v) is 5.98. The van der Waals surface area contributed by atoms with Crippen molar-refractivity contribution in [1.82, 2.24) is 10.1 Å². The largest absolute Gasteiger partial charge is 0.416 e. The van der Waals surface area contributed by atoms with Gasteiger partial charge in [-0.15, -0.1) is 0 Å². The zero-order valence-electron chi connectivity index (χ0n) is 13.4. The minimum Gasteiger partial charge on any atom is -0.379 e. The standard InChI is InChI=1S/C16H18F3N3O2/c1-10-5-13(24-21-10)6-11-8-22(9-14(11)23-2)15-7-12(3-4-20-15)16(17,18)19/h3-5,7,11,14H,6,8-9H2,1-2H3/t11-,14+/m1/s1. The van der Waals surface area contributed by atoms with E-state index in [2.05, 4.69) is 10.1 Å². The van der Waals surface area contributed by atoms with Crippen LogP contribution in [0.1, 0.15) is 17.0 Å². The first-order valence-electron chi connectivity index (χ1n) is 7.60. The average Bonchev–Trinajstić information content (AvgIpc) is 3.13. The van der Waals surface area contributed by atoms with Gasteiger partial charge in [0.1, 0.15) is 11.6 Å². The van der Waals surface area contributed by atoms with E-state index in [1.54, 1.807) is 7.11 Å². The smallest absolute Gasteiger partial charge is 0.379 e. The molecule has 130 valence electrons. The highest BCUT2D eigenvalue weighted by Gasteiger charge is 2.36. The highest BCUT2D eigenvalue weighted by atomic mass is 19.4. The van der Waals surface area contributed by atoms with Crippen molar-refractivity contribution >= 4 is 5.82 Å². The van der Waals surface area contributed by atoms with E-state index in [1.165, 1.54) is 6.20 Å². The quantitative estimate of drug-likeness (QED) is 0.855. The van der Waals surface area contributed by atoms with E-state index in [-0.39, 0.29) is 12.0 Å². The van der Waals surface area contributed by atoms with Crippen LogP contribution >= 0.6 is 0 Å². The van der Waals surface area contributed by atoms with E-state index in [0.717, 1.165) is 23.6 Å². The molecule has 0 unspecified atom stereocenters. The summed E-state index contributed by atoms with van der Waals surface area (Å²) in [4.78, 5) is 5.90. The van der Waals surface area contributed by atoms with Crippen molar-refractivity contribution in [2.24, 2.45) is 5.92 Å². The predicted octanol–water partition coefficient (Wildman–Crippen LogP) is 3.09.